The van der Waals surface area contributed by atoms with Gasteiger partial charge in [0.05, 0.1) is 6.54 Å². The number of nitrogens with one attached hydrogen (secondary N) is 2. The molecule has 0 aliphatic carbocycles. The van der Waals surface area contributed by atoms with Crippen LogP contribution in [0.4, 0.5) is 0 Å². The predicted octanol–water partition coefficient (Wildman–Crippen LogP) is 2.20. The normalized spacial score (nSPS) is 18.1. The van der Waals surface area contributed by atoms with Crippen molar-refractivity contribution in [3.8, 4) is 0 Å². The molecule has 31 heavy (non-hydrogen) atoms. The molecule has 2 aliphatic heterocycles. The first kappa shape index (κ1) is 21.3. The Morgan fingerprint density at radius 1 is 1.26 bits per heavy atom. The number of carbonyl (C=O) groups is 1. The third-order valence-corrected chi connectivity index (χ3v) is 6.01. The molecule has 1 amide bonds. The van der Waals surface area contributed by atoms with Crippen LogP contribution in [0.15, 0.2) is 29.3 Å². The Balaban J connectivity index is 1.19. The topological polar surface area (TPSA) is 87.4 Å². The fourth-order valence-electron chi connectivity index (χ4n) is 4.19. The van der Waals surface area contributed by atoms with Gasteiger partial charge in [0.25, 0.3) is 0 Å². The van der Waals surface area contributed by atoms with Gasteiger partial charge in [-0.25, -0.2) is 9.67 Å². The van der Waals surface area contributed by atoms with Crippen molar-refractivity contribution in [3.05, 3.63) is 47.0 Å². The van der Waals surface area contributed by atoms with Gasteiger partial charge in [-0.3, -0.25) is 9.79 Å². The van der Waals surface area contributed by atoms with E-state index in [9.17, 15) is 4.79 Å². The zero-order chi connectivity index (χ0) is 21.8. The molecule has 8 nitrogen and oxygen atoms in total. The number of rotatable bonds is 6. The number of nitrogens with zero attached hydrogens (tertiary/aromatic N) is 5. The molecule has 0 saturated carbocycles. The molecule has 4 rings (SSSR count). The van der Waals surface area contributed by atoms with Gasteiger partial charge in [-0.2, -0.15) is 5.10 Å². The third-order valence-electron chi connectivity index (χ3n) is 6.01. The maximum Gasteiger partial charge on any atom is 0.223 e. The van der Waals surface area contributed by atoms with E-state index in [-0.39, 0.29) is 11.9 Å². The molecule has 2 N–H and O–H groups in total. The van der Waals surface area contributed by atoms with E-state index in [1.54, 1.807) is 7.05 Å². The number of aromatic nitrogens is 3. The first-order chi connectivity index (χ1) is 15.0. The lowest BCUT2D eigenvalue weighted by molar-refractivity contribution is -0.131. The number of aryl methyl sites for hydroxylation is 1. The highest BCUT2D eigenvalue weighted by atomic mass is 16.2. The number of aliphatic imine (C=N–C) groups is 1. The molecular weight excluding hydrogens is 390 g/mol. The van der Waals surface area contributed by atoms with Crippen LogP contribution in [0.3, 0.4) is 0 Å². The van der Waals surface area contributed by atoms with Crippen molar-refractivity contribution in [2.24, 2.45) is 4.99 Å². The van der Waals surface area contributed by atoms with E-state index in [4.69, 9.17) is 0 Å². The lowest BCUT2D eigenvalue weighted by atomic mass is 10.1. The minimum atomic E-state index is 0.216. The van der Waals surface area contributed by atoms with Gasteiger partial charge in [0.2, 0.25) is 5.91 Å². The van der Waals surface area contributed by atoms with Crippen molar-refractivity contribution < 1.29 is 4.79 Å². The first-order valence-electron chi connectivity index (χ1n) is 11.3. The zero-order valence-corrected chi connectivity index (χ0v) is 18.8. The number of benzene rings is 1. The van der Waals surface area contributed by atoms with Gasteiger partial charge in [-0.15, -0.1) is 0 Å². The van der Waals surface area contributed by atoms with Crippen LogP contribution in [0.1, 0.15) is 61.8 Å². The lowest BCUT2D eigenvalue weighted by Crippen LogP contribution is -2.47. The second-order valence-electron chi connectivity index (χ2n) is 8.72. The second-order valence-corrected chi connectivity index (χ2v) is 8.72. The number of hydrogen-bond acceptors (Lipinski definition) is 4. The van der Waals surface area contributed by atoms with Crippen LogP contribution in [0.25, 0.3) is 0 Å². The number of hydrogen-bond donors (Lipinski definition) is 2. The van der Waals surface area contributed by atoms with Crippen LogP contribution >= 0.6 is 0 Å². The van der Waals surface area contributed by atoms with Crippen molar-refractivity contribution in [1.29, 1.82) is 0 Å². The molecule has 1 atom stereocenters. The van der Waals surface area contributed by atoms with Crippen LogP contribution in [0.5, 0.6) is 0 Å². The highest BCUT2D eigenvalue weighted by Gasteiger charge is 2.24. The maximum atomic E-state index is 12.5. The van der Waals surface area contributed by atoms with Crippen LogP contribution < -0.4 is 10.6 Å². The van der Waals surface area contributed by atoms with E-state index in [0.29, 0.717) is 18.9 Å². The highest BCUT2D eigenvalue weighted by molar-refractivity contribution is 5.80. The summed E-state index contributed by atoms with van der Waals surface area (Å²) in [6.07, 6.45) is 3.25. The predicted molar refractivity (Wildman–Crippen MR) is 121 cm³/mol. The van der Waals surface area contributed by atoms with E-state index < -0.39 is 0 Å². The van der Waals surface area contributed by atoms with E-state index in [2.05, 4.69) is 51.7 Å². The maximum absolute atomic E-state index is 12.5. The van der Waals surface area contributed by atoms with Crippen LogP contribution in [0, 0.1) is 0 Å². The minimum Gasteiger partial charge on any atom is -0.356 e. The molecule has 2 aromatic rings. The number of carbonyl (C=O) groups excluding carboxylic acids is 1. The molecule has 3 heterocycles. The summed E-state index contributed by atoms with van der Waals surface area (Å²) in [6, 6.07) is 8.56. The average molecular weight is 424 g/mol. The summed E-state index contributed by atoms with van der Waals surface area (Å²) in [5.41, 5.74) is 2.53. The number of amides is 1. The van der Waals surface area contributed by atoms with E-state index in [1.807, 2.05) is 21.7 Å². The van der Waals surface area contributed by atoms with E-state index in [1.165, 1.54) is 11.1 Å². The van der Waals surface area contributed by atoms with Crippen molar-refractivity contribution in [2.75, 3.05) is 13.6 Å². The summed E-state index contributed by atoms with van der Waals surface area (Å²) in [5, 5.41) is 11.5. The summed E-state index contributed by atoms with van der Waals surface area (Å²) in [5.74, 6) is 3.33. The van der Waals surface area contributed by atoms with Gasteiger partial charge < -0.3 is 15.5 Å². The Hall–Kier alpha value is -2.90. The summed E-state index contributed by atoms with van der Waals surface area (Å²) in [6.45, 7) is 7.22. The molecule has 2 aliphatic rings. The molecule has 8 heteroatoms. The summed E-state index contributed by atoms with van der Waals surface area (Å²) >= 11 is 0. The van der Waals surface area contributed by atoms with E-state index >= 15 is 0 Å². The second kappa shape index (κ2) is 9.49. The average Bonchev–Trinajstić information content (AvgIpc) is 3.39. The Labute approximate surface area is 184 Å². The monoisotopic (exact) mass is 423 g/mol. The van der Waals surface area contributed by atoms with E-state index in [0.717, 1.165) is 56.5 Å². The molecular formula is C23H33N7O. The molecule has 1 aromatic heterocycles. The summed E-state index contributed by atoms with van der Waals surface area (Å²) < 4.78 is 2.02. The molecule has 1 unspecified atom stereocenters. The van der Waals surface area contributed by atoms with Gasteiger partial charge in [-0.05, 0) is 24.0 Å². The molecule has 1 aromatic carbocycles. The number of guanidine groups is 1. The molecule has 0 saturated heterocycles. The first-order valence-corrected chi connectivity index (χ1v) is 11.3. The van der Waals surface area contributed by atoms with Crippen LogP contribution in [0.2, 0.25) is 0 Å². The third kappa shape index (κ3) is 5.06. The van der Waals surface area contributed by atoms with Gasteiger partial charge in [0, 0.05) is 51.5 Å². The largest absolute Gasteiger partial charge is 0.356 e. The molecule has 166 valence electrons. The van der Waals surface area contributed by atoms with Gasteiger partial charge in [0.15, 0.2) is 11.8 Å². The van der Waals surface area contributed by atoms with Gasteiger partial charge in [0.1, 0.15) is 5.82 Å². The Morgan fingerprint density at radius 3 is 2.68 bits per heavy atom. The highest BCUT2D eigenvalue weighted by Crippen LogP contribution is 2.23. The molecule has 0 bridgehead atoms. The van der Waals surface area contributed by atoms with Gasteiger partial charge in [-0.1, -0.05) is 38.1 Å². The Morgan fingerprint density at radius 2 is 2.00 bits per heavy atom. The SMILES string of the molecule is CN=C(NCCCC(=O)N1Cc2ccccc2C1)NC1CCc2nc(C(C)C)nn2C1. The van der Waals surface area contributed by atoms with Crippen molar-refractivity contribution in [3.63, 3.8) is 0 Å². The fourth-order valence-corrected chi connectivity index (χ4v) is 4.19. The Kier molecular flexibility index (Phi) is 6.53. The summed E-state index contributed by atoms with van der Waals surface area (Å²) in [4.78, 5) is 23.5. The summed E-state index contributed by atoms with van der Waals surface area (Å²) in [7, 11) is 1.78. The minimum absolute atomic E-state index is 0.216. The molecule has 0 spiro atoms. The number of fused-ring (bicyclic) bond motifs is 2. The van der Waals surface area contributed by atoms with Crippen LogP contribution in [-0.2, 0) is 30.8 Å². The standard InChI is InChI=1S/C23H33N7O/c1-16(2)22-27-20-11-10-19(15-30(20)28-22)26-23(24-3)25-12-6-9-21(31)29-13-17-7-4-5-8-18(17)14-29/h4-5,7-8,16,19H,6,9-15H2,1-3H3,(H2,24,25,26). The van der Waals surface area contributed by atoms with Gasteiger partial charge >= 0.3 is 0 Å². The van der Waals surface area contributed by atoms with Crippen molar-refractivity contribution >= 4 is 11.9 Å². The van der Waals surface area contributed by atoms with Crippen molar-refractivity contribution in [2.45, 2.75) is 71.1 Å². The van der Waals surface area contributed by atoms with Crippen molar-refractivity contribution in [1.82, 2.24) is 30.3 Å². The zero-order valence-electron chi connectivity index (χ0n) is 18.8. The molecule has 0 radical (unpaired) electrons. The van der Waals surface area contributed by atoms with Crippen LogP contribution in [-0.4, -0.2) is 51.2 Å². The Bertz CT molecular complexity index is 924. The quantitative estimate of drug-likeness (QED) is 0.423. The lowest BCUT2D eigenvalue weighted by Gasteiger charge is -2.25. The fraction of sp³-hybridized carbons (Fsp3) is 0.565. The molecule has 0 fully saturated rings. The smallest absolute Gasteiger partial charge is 0.223 e.